The monoisotopic (exact) mass is 310 g/mol. The van der Waals surface area contributed by atoms with Crippen LogP contribution in [0.4, 0.5) is 0 Å². The van der Waals surface area contributed by atoms with Crippen molar-refractivity contribution in [2.45, 2.75) is 51.5 Å². The summed E-state index contributed by atoms with van der Waals surface area (Å²) in [5.41, 5.74) is 4.28. The highest BCUT2D eigenvalue weighted by atomic mass is 16.5. The highest BCUT2D eigenvalue weighted by Crippen LogP contribution is 2.48. The van der Waals surface area contributed by atoms with Crippen LogP contribution < -0.4 is 0 Å². The van der Waals surface area contributed by atoms with Crippen molar-refractivity contribution < 1.29 is 9.32 Å². The van der Waals surface area contributed by atoms with Crippen molar-refractivity contribution in [2.75, 3.05) is 6.54 Å². The van der Waals surface area contributed by atoms with Gasteiger partial charge in [-0.1, -0.05) is 42.8 Å². The molecule has 0 N–H and O–H groups in total. The summed E-state index contributed by atoms with van der Waals surface area (Å²) in [5, 5.41) is 4.00. The molecule has 0 atom stereocenters. The van der Waals surface area contributed by atoms with Gasteiger partial charge in [0.15, 0.2) is 0 Å². The first-order valence-electron chi connectivity index (χ1n) is 8.47. The van der Waals surface area contributed by atoms with Gasteiger partial charge in [0.25, 0.3) is 5.91 Å². The molecular formula is C19H22N2O2. The van der Waals surface area contributed by atoms with Crippen molar-refractivity contribution in [1.29, 1.82) is 0 Å². The average Bonchev–Trinajstić information content (AvgIpc) is 2.92. The molecular weight excluding hydrogens is 288 g/mol. The van der Waals surface area contributed by atoms with E-state index in [0.717, 1.165) is 6.54 Å². The number of hydrogen-bond donors (Lipinski definition) is 0. The van der Waals surface area contributed by atoms with Gasteiger partial charge >= 0.3 is 0 Å². The van der Waals surface area contributed by atoms with Gasteiger partial charge in [-0.05, 0) is 30.9 Å². The first-order chi connectivity index (χ1) is 11.1. The summed E-state index contributed by atoms with van der Waals surface area (Å²) < 4.78 is 5.32. The lowest BCUT2D eigenvalue weighted by atomic mass is 9.61. The van der Waals surface area contributed by atoms with Gasteiger partial charge < -0.3 is 9.42 Å². The highest BCUT2D eigenvalue weighted by molar-refractivity contribution is 5.96. The molecule has 1 aliphatic heterocycles. The second-order valence-corrected chi connectivity index (χ2v) is 6.87. The van der Waals surface area contributed by atoms with Crippen molar-refractivity contribution in [3.8, 4) is 0 Å². The number of amides is 1. The zero-order valence-corrected chi connectivity index (χ0v) is 13.8. The summed E-state index contributed by atoms with van der Waals surface area (Å²) in [6.45, 7) is 5.35. The third-order valence-corrected chi connectivity index (χ3v) is 5.51. The van der Waals surface area contributed by atoms with Crippen LogP contribution in [-0.2, 0) is 18.4 Å². The molecule has 0 saturated heterocycles. The third kappa shape index (κ3) is 2.12. The predicted molar refractivity (Wildman–Crippen MR) is 87.3 cm³/mol. The van der Waals surface area contributed by atoms with Gasteiger partial charge in [-0.3, -0.25) is 4.79 Å². The Hall–Kier alpha value is -2.10. The molecule has 0 radical (unpaired) electrons. The van der Waals surface area contributed by atoms with Gasteiger partial charge in [0.05, 0.1) is 5.69 Å². The van der Waals surface area contributed by atoms with Crippen molar-refractivity contribution >= 4 is 5.91 Å². The first-order valence-corrected chi connectivity index (χ1v) is 8.47. The largest absolute Gasteiger partial charge is 0.360 e. The molecule has 2 heterocycles. The average molecular weight is 310 g/mol. The van der Waals surface area contributed by atoms with E-state index in [9.17, 15) is 4.79 Å². The topological polar surface area (TPSA) is 46.3 Å². The Kier molecular flexibility index (Phi) is 3.29. The Bertz CT molecular complexity index is 758. The Morgan fingerprint density at radius 3 is 2.83 bits per heavy atom. The molecule has 4 heteroatoms. The van der Waals surface area contributed by atoms with Gasteiger partial charge in [0.2, 0.25) is 0 Å². The molecule has 1 aromatic carbocycles. The molecule has 1 saturated carbocycles. The number of aryl methyl sites for hydroxylation is 2. The maximum Gasteiger partial charge on any atom is 0.259 e. The van der Waals surface area contributed by atoms with Crippen LogP contribution in [0.15, 0.2) is 28.8 Å². The van der Waals surface area contributed by atoms with Gasteiger partial charge in [-0.15, -0.1) is 0 Å². The molecule has 4 nitrogen and oxygen atoms in total. The third-order valence-electron chi connectivity index (χ3n) is 5.51. The minimum Gasteiger partial charge on any atom is -0.360 e. The first kappa shape index (κ1) is 14.5. The summed E-state index contributed by atoms with van der Waals surface area (Å²) in [6.07, 6.45) is 4.30. The number of fused-ring (bicyclic) bond motifs is 2. The van der Waals surface area contributed by atoms with E-state index in [4.69, 9.17) is 4.52 Å². The number of benzene rings is 1. The minimum atomic E-state index is 0.0707. The van der Waals surface area contributed by atoms with E-state index in [0.29, 0.717) is 30.0 Å². The maximum atomic E-state index is 13.1. The highest BCUT2D eigenvalue weighted by Gasteiger charge is 2.45. The maximum absolute atomic E-state index is 13.1. The van der Waals surface area contributed by atoms with Crippen LogP contribution in [0.25, 0.3) is 0 Å². The Morgan fingerprint density at radius 2 is 2.13 bits per heavy atom. The van der Waals surface area contributed by atoms with E-state index in [1.807, 2.05) is 18.7 Å². The molecule has 1 spiro atoms. The van der Waals surface area contributed by atoms with Crippen molar-refractivity contribution in [1.82, 2.24) is 10.1 Å². The van der Waals surface area contributed by atoms with Crippen molar-refractivity contribution in [3.05, 3.63) is 52.4 Å². The number of rotatable bonds is 2. The molecule has 23 heavy (non-hydrogen) atoms. The fraction of sp³-hybridized carbons (Fsp3) is 0.474. The number of carbonyl (C=O) groups is 1. The van der Waals surface area contributed by atoms with Crippen molar-refractivity contribution in [2.24, 2.45) is 0 Å². The van der Waals surface area contributed by atoms with Crippen LogP contribution in [0.1, 0.15) is 59.1 Å². The van der Waals surface area contributed by atoms with Gasteiger partial charge in [0.1, 0.15) is 11.3 Å². The normalized spacial score (nSPS) is 18.6. The lowest BCUT2D eigenvalue weighted by molar-refractivity contribution is 0.0585. The van der Waals surface area contributed by atoms with E-state index in [-0.39, 0.29) is 11.3 Å². The van der Waals surface area contributed by atoms with Gasteiger partial charge in [-0.2, -0.15) is 0 Å². The van der Waals surface area contributed by atoms with Crippen LogP contribution in [0.5, 0.6) is 0 Å². The molecule has 2 aromatic rings. The number of nitrogens with zero attached hydrogens (tertiary/aromatic N) is 2. The number of aromatic nitrogens is 1. The SMILES string of the molecule is CCc1onc(C)c1C(=O)N1Cc2ccccc2C2(CCC2)C1. The Labute approximate surface area is 136 Å². The predicted octanol–water partition coefficient (Wildman–Crippen LogP) is 3.62. The smallest absolute Gasteiger partial charge is 0.259 e. The van der Waals surface area contributed by atoms with Crippen LogP contribution in [-0.4, -0.2) is 22.5 Å². The Balaban J connectivity index is 1.71. The van der Waals surface area contributed by atoms with E-state index in [1.165, 1.54) is 30.4 Å². The van der Waals surface area contributed by atoms with E-state index < -0.39 is 0 Å². The molecule has 1 amide bonds. The van der Waals surface area contributed by atoms with Crippen molar-refractivity contribution in [3.63, 3.8) is 0 Å². The molecule has 4 rings (SSSR count). The van der Waals surface area contributed by atoms with E-state index in [1.54, 1.807) is 0 Å². The Morgan fingerprint density at radius 1 is 1.35 bits per heavy atom. The zero-order chi connectivity index (χ0) is 16.0. The quantitative estimate of drug-likeness (QED) is 0.851. The van der Waals surface area contributed by atoms with Crippen LogP contribution in [0.3, 0.4) is 0 Å². The van der Waals surface area contributed by atoms with Crippen LogP contribution in [0, 0.1) is 6.92 Å². The van der Waals surface area contributed by atoms with E-state index in [2.05, 4.69) is 29.4 Å². The van der Waals surface area contributed by atoms with Crippen LogP contribution >= 0.6 is 0 Å². The standard InChI is InChI=1S/C19H22N2O2/c1-3-16-17(13(2)20-23-16)18(22)21-11-14-7-4-5-8-15(14)19(12-21)9-6-10-19/h4-5,7-8H,3,6,9-12H2,1-2H3. The summed E-state index contributed by atoms with van der Waals surface area (Å²) in [7, 11) is 0. The number of hydrogen-bond acceptors (Lipinski definition) is 3. The molecule has 1 aromatic heterocycles. The second-order valence-electron chi connectivity index (χ2n) is 6.87. The minimum absolute atomic E-state index is 0.0707. The fourth-order valence-corrected chi connectivity index (χ4v) is 4.15. The summed E-state index contributed by atoms with van der Waals surface area (Å²) in [6, 6.07) is 8.60. The zero-order valence-electron chi connectivity index (χ0n) is 13.8. The summed E-state index contributed by atoms with van der Waals surface area (Å²) in [4.78, 5) is 15.1. The molecule has 0 unspecified atom stereocenters. The van der Waals surface area contributed by atoms with Gasteiger partial charge in [-0.25, -0.2) is 0 Å². The lowest BCUT2D eigenvalue weighted by Gasteiger charge is -2.50. The molecule has 120 valence electrons. The molecule has 1 aliphatic carbocycles. The summed E-state index contributed by atoms with van der Waals surface area (Å²) in [5.74, 6) is 0.774. The fourth-order valence-electron chi connectivity index (χ4n) is 4.15. The molecule has 0 bridgehead atoms. The second kappa shape index (κ2) is 5.22. The summed E-state index contributed by atoms with van der Waals surface area (Å²) >= 11 is 0. The van der Waals surface area contributed by atoms with Gasteiger partial charge in [0, 0.05) is 24.9 Å². The molecule has 2 aliphatic rings. The van der Waals surface area contributed by atoms with E-state index >= 15 is 0 Å². The number of carbonyl (C=O) groups excluding carboxylic acids is 1. The molecule has 1 fully saturated rings. The van der Waals surface area contributed by atoms with Crippen LogP contribution in [0.2, 0.25) is 0 Å². The lowest BCUT2D eigenvalue weighted by Crippen LogP contribution is -2.51.